The molecule has 1 aromatic rings. The molecule has 0 saturated carbocycles. The molecule has 4 N–H and O–H groups in total. The maximum absolute atomic E-state index is 12.7. The van der Waals surface area contributed by atoms with Crippen LogP contribution >= 0.6 is 23.4 Å². The van der Waals surface area contributed by atoms with Gasteiger partial charge in [0.05, 0.1) is 10.8 Å². The summed E-state index contributed by atoms with van der Waals surface area (Å²) < 4.78 is 38.1. The van der Waals surface area contributed by atoms with E-state index in [0.717, 1.165) is 30.0 Å². The van der Waals surface area contributed by atoms with Crippen molar-refractivity contribution in [3.63, 3.8) is 0 Å². The Morgan fingerprint density at radius 2 is 2.09 bits per heavy atom. The van der Waals surface area contributed by atoms with E-state index in [9.17, 15) is 18.0 Å². The molecule has 1 aliphatic heterocycles. The summed E-state index contributed by atoms with van der Waals surface area (Å²) in [4.78, 5) is 19.0. The Bertz CT molecular complexity index is 671. The van der Waals surface area contributed by atoms with Gasteiger partial charge in [-0.2, -0.15) is 23.2 Å². The van der Waals surface area contributed by atoms with Gasteiger partial charge in [0.1, 0.15) is 0 Å². The van der Waals surface area contributed by atoms with E-state index >= 15 is 0 Å². The zero-order valence-electron chi connectivity index (χ0n) is 10.9. The van der Waals surface area contributed by atoms with Crippen LogP contribution in [0.25, 0.3) is 0 Å². The number of thioether (sulfide) groups is 1. The lowest BCUT2D eigenvalue weighted by Gasteiger charge is -2.12. The van der Waals surface area contributed by atoms with E-state index < -0.39 is 22.9 Å². The van der Waals surface area contributed by atoms with E-state index in [1.165, 1.54) is 0 Å². The summed E-state index contributed by atoms with van der Waals surface area (Å²) in [6, 6.07) is 2.97. The second kappa shape index (κ2) is 6.17. The Balaban J connectivity index is 2.19. The maximum atomic E-state index is 12.7. The molecule has 1 unspecified atom stereocenters. The van der Waals surface area contributed by atoms with Gasteiger partial charge in [0, 0.05) is 5.02 Å². The lowest BCUT2D eigenvalue weighted by molar-refractivity contribution is -0.137. The Labute approximate surface area is 132 Å². The van der Waals surface area contributed by atoms with Crippen LogP contribution in [0, 0.1) is 0 Å². The second-order valence-corrected chi connectivity index (χ2v) is 5.96. The molecular formula is C12H10ClF3N4OS. The van der Waals surface area contributed by atoms with Gasteiger partial charge in [-0.3, -0.25) is 4.79 Å². The Hall–Kier alpha value is -1.74. The number of rotatable bonds is 2. The molecule has 0 aliphatic carbocycles. The SMILES string of the molecule is NC(N)=NC1=NC(=O)C(Cc2cc(C(F)(F)F)ccc2Cl)S1. The van der Waals surface area contributed by atoms with Gasteiger partial charge in [0.25, 0.3) is 5.91 Å². The third kappa shape index (κ3) is 3.92. The lowest BCUT2D eigenvalue weighted by atomic mass is 10.1. The number of carbonyl (C=O) groups excluding carboxylic acids is 1. The second-order valence-electron chi connectivity index (χ2n) is 4.38. The highest BCUT2D eigenvalue weighted by Gasteiger charge is 2.33. The van der Waals surface area contributed by atoms with E-state index in [1.54, 1.807) is 0 Å². The predicted molar refractivity (Wildman–Crippen MR) is 79.8 cm³/mol. The summed E-state index contributed by atoms with van der Waals surface area (Å²) in [5.41, 5.74) is 9.75. The molecule has 1 aliphatic rings. The number of halogens is 4. The number of amidine groups is 1. The van der Waals surface area contributed by atoms with Gasteiger partial charge in [0.15, 0.2) is 11.1 Å². The molecule has 0 spiro atoms. The molecule has 1 atom stereocenters. The first-order valence-corrected chi connectivity index (χ1v) is 7.17. The molecule has 0 aromatic heterocycles. The lowest BCUT2D eigenvalue weighted by Crippen LogP contribution is -2.23. The number of guanidine groups is 1. The van der Waals surface area contributed by atoms with Crippen LogP contribution < -0.4 is 11.5 Å². The fourth-order valence-electron chi connectivity index (χ4n) is 1.77. The largest absolute Gasteiger partial charge is 0.416 e. The van der Waals surface area contributed by atoms with Crippen molar-refractivity contribution in [2.45, 2.75) is 17.8 Å². The summed E-state index contributed by atoms with van der Waals surface area (Å²) in [5, 5.41) is -0.478. The average molecular weight is 351 g/mol. The first-order chi connectivity index (χ1) is 10.2. The predicted octanol–water partition coefficient (Wildman–Crippen LogP) is 2.17. The summed E-state index contributed by atoms with van der Waals surface area (Å²) in [5.74, 6) is -0.768. The fourth-order valence-corrected chi connectivity index (χ4v) is 2.93. The van der Waals surface area contributed by atoms with Crippen molar-refractivity contribution in [1.82, 2.24) is 0 Å². The van der Waals surface area contributed by atoms with Crippen molar-refractivity contribution >= 4 is 40.4 Å². The Kier molecular flexibility index (Phi) is 4.66. The molecule has 1 aromatic carbocycles. The molecule has 2 rings (SSSR count). The molecular weight excluding hydrogens is 341 g/mol. The van der Waals surface area contributed by atoms with Crippen LogP contribution in [0.15, 0.2) is 28.2 Å². The molecule has 1 amide bonds. The zero-order chi connectivity index (χ0) is 16.5. The average Bonchev–Trinajstić information content (AvgIpc) is 2.70. The number of hydrogen-bond donors (Lipinski definition) is 2. The fraction of sp³-hybridized carbons (Fsp3) is 0.250. The summed E-state index contributed by atoms with van der Waals surface area (Å²) >= 11 is 6.88. The molecule has 0 bridgehead atoms. The van der Waals surface area contributed by atoms with Crippen LogP contribution in [0.3, 0.4) is 0 Å². The number of aliphatic imine (C=N–C) groups is 2. The van der Waals surface area contributed by atoms with Crippen LogP contribution in [0.4, 0.5) is 13.2 Å². The molecule has 10 heteroatoms. The van der Waals surface area contributed by atoms with Crippen LogP contribution in [0.5, 0.6) is 0 Å². The first-order valence-electron chi connectivity index (χ1n) is 5.91. The number of nitrogens with two attached hydrogens (primary N) is 2. The van der Waals surface area contributed by atoms with E-state index in [2.05, 4.69) is 9.98 Å². The van der Waals surface area contributed by atoms with E-state index in [1.807, 2.05) is 0 Å². The van der Waals surface area contributed by atoms with Crippen LogP contribution in [0.1, 0.15) is 11.1 Å². The number of hydrogen-bond acceptors (Lipinski definition) is 3. The molecule has 118 valence electrons. The maximum Gasteiger partial charge on any atom is 0.416 e. The monoisotopic (exact) mass is 350 g/mol. The van der Waals surface area contributed by atoms with Gasteiger partial charge in [-0.15, -0.1) is 0 Å². The number of nitrogens with zero attached hydrogens (tertiary/aromatic N) is 2. The minimum atomic E-state index is -4.48. The topological polar surface area (TPSA) is 93.8 Å². The number of carbonyl (C=O) groups is 1. The van der Waals surface area contributed by atoms with Crippen molar-refractivity contribution in [2.75, 3.05) is 0 Å². The molecule has 22 heavy (non-hydrogen) atoms. The number of amides is 1. The molecule has 0 radical (unpaired) electrons. The summed E-state index contributed by atoms with van der Waals surface area (Å²) in [6.07, 6.45) is -4.48. The van der Waals surface area contributed by atoms with E-state index in [-0.39, 0.29) is 28.1 Å². The van der Waals surface area contributed by atoms with Gasteiger partial charge in [-0.25, -0.2) is 0 Å². The normalized spacial score (nSPS) is 18.3. The van der Waals surface area contributed by atoms with Crippen molar-refractivity contribution in [3.05, 3.63) is 34.3 Å². The van der Waals surface area contributed by atoms with Gasteiger partial charge in [-0.1, -0.05) is 23.4 Å². The van der Waals surface area contributed by atoms with Crippen LogP contribution in [-0.2, 0) is 17.4 Å². The zero-order valence-corrected chi connectivity index (χ0v) is 12.5. The highest BCUT2D eigenvalue weighted by molar-refractivity contribution is 8.15. The number of alkyl halides is 3. The van der Waals surface area contributed by atoms with Gasteiger partial charge >= 0.3 is 6.18 Å². The van der Waals surface area contributed by atoms with E-state index in [0.29, 0.717) is 0 Å². The molecule has 0 saturated heterocycles. The molecule has 0 fully saturated rings. The molecule has 5 nitrogen and oxygen atoms in total. The van der Waals surface area contributed by atoms with E-state index in [4.69, 9.17) is 23.1 Å². The molecule has 1 heterocycles. The third-order valence-corrected chi connectivity index (χ3v) is 4.15. The smallest absolute Gasteiger partial charge is 0.370 e. The summed E-state index contributed by atoms with van der Waals surface area (Å²) in [6.45, 7) is 0. The van der Waals surface area contributed by atoms with Crippen molar-refractivity contribution in [3.8, 4) is 0 Å². The Morgan fingerprint density at radius 1 is 1.41 bits per heavy atom. The quantitative estimate of drug-likeness (QED) is 0.631. The third-order valence-electron chi connectivity index (χ3n) is 2.73. The Morgan fingerprint density at radius 3 is 2.68 bits per heavy atom. The van der Waals surface area contributed by atoms with Crippen LogP contribution in [0.2, 0.25) is 5.02 Å². The van der Waals surface area contributed by atoms with Crippen LogP contribution in [-0.4, -0.2) is 22.3 Å². The van der Waals surface area contributed by atoms with Crippen molar-refractivity contribution in [2.24, 2.45) is 21.5 Å². The van der Waals surface area contributed by atoms with Gasteiger partial charge in [-0.05, 0) is 30.2 Å². The van der Waals surface area contributed by atoms with Crippen molar-refractivity contribution in [1.29, 1.82) is 0 Å². The van der Waals surface area contributed by atoms with Crippen molar-refractivity contribution < 1.29 is 18.0 Å². The highest BCUT2D eigenvalue weighted by atomic mass is 35.5. The standard InChI is InChI=1S/C12H10ClF3N4OS/c13-7-2-1-6(12(14,15)16)3-5(7)4-8-9(21)19-11(22-8)20-10(17)18/h1-3,8H,4H2,(H4,17,18,19,20,21). The number of benzene rings is 1. The van der Waals surface area contributed by atoms with Gasteiger partial charge in [0.2, 0.25) is 0 Å². The minimum absolute atomic E-state index is 0.000745. The minimum Gasteiger partial charge on any atom is -0.370 e. The summed E-state index contributed by atoms with van der Waals surface area (Å²) in [7, 11) is 0. The van der Waals surface area contributed by atoms with Gasteiger partial charge < -0.3 is 11.5 Å². The highest BCUT2D eigenvalue weighted by Crippen LogP contribution is 2.34. The first kappa shape index (κ1) is 16.6.